The van der Waals surface area contributed by atoms with Gasteiger partial charge in [0.15, 0.2) is 5.65 Å². The van der Waals surface area contributed by atoms with Gasteiger partial charge < -0.3 is 5.32 Å². The van der Waals surface area contributed by atoms with Crippen LogP contribution in [0.25, 0.3) is 5.65 Å². The Morgan fingerprint density at radius 2 is 1.88 bits per heavy atom. The lowest BCUT2D eigenvalue weighted by molar-refractivity contribution is 0.250. The highest BCUT2D eigenvalue weighted by molar-refractivity contribution is 5.88. The number of aromatic nitrogens is 3. The van der Waals surface area contributed by atoms with Gasteiger partial charge >= 0.3 is 6.03 Å². The molecule has 2 amide bonds. The predicted octanol–water partition coefficient (Wildman–Crippen LogP) is 3.04. The lowest BCUT2D eigenvalue weighted by Gasteiger charge is -2.05. The quantitative estimate of drug-likeness (QED) is 0.779. The van der Waals surface area contributed by atoms with Crippen LogP contribution >= 0.6 is 0 Å². The minimum atomic E-state index is -0.276. The average molecular weight is 321 g/mol. The van der Waals surface area contributed by atoms with Crippen molar-refractivity contribution in [2.75, 3.05) is 5.32 Å². The molecule has 6 heteroatoms. The fourth-order valence-corrected chi connectivity index (χ4v) is 3.35. The maximum atomic E-state index is 12.3. The second-order valence-corrected chi connectivity index (χ2v) is 6.72. The number of carbonyl (C=O) groups is 1. The molecule has 122 valence electrons. The second kappa shape index (κ2) is 5.33. The maximum absolute atomic E-state index is 12.3. The van der Waals surface area contributed by atoms with Crippen LogP contribution in [0.15, 0.2) is 54.7 Å². The van der Waals surface area contributed by atoms with Gasteiger partial charge in [-0.2, -0.15) is 4.98 Å². The number of urea groups is 1. The van der Waals surface area contributed by atoms with Crippen LogP contribution in [0, 0.1) is 5.41 Å². The van der Waals surface area contributed by atoms with Gasteiger partial charge in [0, 0.05) is 18.2 Å². The average Bonchev–Trinajstić information content (AvgIpc) is 2.91. The Kier molecular flexibility index (Phi) is 3.26. The van der Waals surface area contributed by atoms with Gasteiger partial charge in [0.2, 0.25) is 0 Å². The summed E-state index contributed by atoms with van der Waals surface area (Å²) in [6.07, 6.45) is 1.79. The van der Waals surface area contributed by atoms with Crippen LogP contribution in [-0.2, 0) is 0 Å². The number of hydrogen-bond donors (Lipinski definition) is 2. The van der Waals surface area contributed by atoms with Crippen LogP contribution in [0.5, 0.6) is 0 Å². The zero-order valence-electron chi connectivity index (χ0n) is 13.6. The molecule has 0 spiro atoms. The number of nitrogens with zero attached hydrogens (tertiary/aromatic N) is 3. The lowest BCUT2D eigenvalue weighted by atomic mass is 10.0. The van der Waals surface area contributed by atoms with E-state index in [1.807, 2.05) is 36.4 Å². The molecule has 0 unspecified atom stereocenters. The van der Waals surface area contributed by atoms with Crippen molar-refractivity contribution in [2.45, 2.75) is 25.8 Å². The van der Waals surface area contributed by atoms with Crippen molar-refractivity contribution in [1.29, 1.82) is 0 Å². The molecular weight excluding hydrogens is 302 g/mol. The standard InChI is InChI=1S/C18H19N5O/c1-18(2)14(12-8-4-3-5-9-12)15(18)20-17(24)21-16-19-13-10-6-7-11-23(13)22-16/h3-11,14-15H,1-2H3,(H2,20,21,22,24)/t14-,15-/m0/s1. The lowest BCUT2D eigenvalue weighted by Crippen LogP contribution is -2.33. The first-order valence-corrected chi connectivity index (χ1v) is 7.99. The van der Waals surface area contributed by atoms with E-state index >= 15 is 0 Å². The third-order valence-electron chi connectivity index (χ3n) is 4.74. The molecule has 0 bridgehead atoms. The van der Waals surface area contributed by atoms with Crippen LogP contribution < -0.4 is 10.6 Å². The van der Waals surface area contributed by atoms with Gasteiger partial charge in [-0.3, -0.25) is 5.32 Å². The monoisotopic (exact) mass is 321 g/mol. The van der Waals surface area contributed by atoms with E-state index in [0.717, 1.165) is 0 Å². The highest BCUT2D eigenvalue weighted by Gasteiger charge is 2.59. The number of anilines is 1. The molecule has 1 saturated carbocycles. The zero-order chi connectivity index (χ0) is 16.7. The van der Waals surface area contributed by atoms with Gasteiger partial charge in [-0.1, -0.05) is 50.2 Å². The molecule has 1 aromatic carbocycles. The van der Waals surface area contributed by atoms with Gasteiger partial charge in [0.1, 0.15) is 0 Å². The third-order valence-corrected chi connectivity index (χ3v) is 4.74. The van der Waals surface area contributed by atoms with E-state index < -0.39 is 0 Å². The maximum Gasteiger partial charge on any atom is 0.321 e. The fraction of sp³-hybridized carbons (Fsp3) is 0.278. The van der Waals surface area contributed by atoms with E-state index in [1.165, 1.54) is 5.56 Å². The largest absolute Gasteiger partial charge is 0.334 e. The molecule has 0 saturated heterocycles. The normalized spacial score (nSPS) is 21.4. The highest BCUT2D eigenvalue weighted by Crippen LogP contribution is 2.58. The Labute approximate surface area is 139 Å². The molecule has 3 aromatic rings. The second-order valence-electron chi connectivity index (χ2n) is 6.72. The minimum absolute atomic E-state index is 0.0328. The van der Waals surface area contributed by atoms with Crippen LogP contribution in [-0.4, -0.2) is 26.7 Å². The summed E-state index contributed by atoms with van der Waals surface area (Å²) in [7, 11) is 0. The van der Waals surface area contributed by atoms with E-state index in [9.17, 15) is 4.79 Å². The fourth-order valence-electron chi connectivity index (χ4n) is 3.35. The Hall–Kier alpha value is -2.89. The minimum Gasteiger partial charge on any atom is -0.334 e. The summed E-state index contributed by atoms with van der Waals surface area (Å²) in [6.45, 7) is 4.33. The number of hydrogen-bond acceptors (Lipinski definition) is 3. The van der Waals surface area contributed by atoms with Crippen molar-refractivity contribution < 1.29 is 4.79 Å². The highest BCUT2D eigenvalue weighted by atomic mass is 16.2. The van der Waals surface area contributed by atoms with Crippen molar-refractivity contribution in [1.82, 2.24) is 19.9 Å². The summed E-state index contributed by atoms with van der Waals surface area (Å²) < 4.78 is 1.63. The topological polar surface area (TPSA) is 71.3 Å². The summed E-state index contributed by atoms with van der Waals surface area (Å²) in [6, 6.07) is 15.7. The van der Waals surface area contributed by atoms with Crippen LogP contribution in [0.3, 0.4) is 0 Å². The number of fused-ring (bicyclic) bond motifs is 1. The van der Waals surface area contributed by atoms with E-state index in [-0.39, 0.29) is 17.5 Å². The van der Waals surface area contributed by atoms with Gasteiger partial charge in [-0.15, -0.1) is 5.10 Å². The number of nitrogens with one attached hydrogen (secondary N) is 2. The Balaban J connectivity index is 1.44. The number of pyridine rings is 1. The molecule has 24 heavy (non-hydrogen) atoms. The molecule has 1 fully saturated rings. The first-order chi connectivity index (χ1) is 11.6. The van der Waals surface area contributed by atoms with Gasteiger partial charge in [0.05, 0.1) is 0 Å². The molecule has 0 aliphatic heterocycles. The third kappa shape index (κ3) is 2.50. The summed E-state index contributed by atoms with van der Waals surface area (Å²) >= 11 is 0. The van der Waals surface area contributed by atoms with E-state index in [2.05, 4.69) is 46.7 Å². The molecule has 2 heterocycles. The first kappa shape index (κ1) is 14.7. The van der Waals surface area contributed by atoms with E-state index in [4.69, 9.17) is 0 Å². The number of carbonyl (C=O) groups excluding carboxylic acids is 1. The SMILES string of the molecule is CC1(C)[C@@H](NC(=O)Nc2nc3ccccn3n2)[C@@H]1c1ccccc1. The molecule has 2 aromatic heterocycles. The van der Waals surface area contributed by atoms with E-state index in [1.54, 1.807) is 10.7 Å². The summed E-state index contributed by atoms with van der Waals surface area (Å²) in [5.74, 6) is 0.617. The molecule has 2 N–H and O–H groups in total. The molecule has 1 aliphatic carbocycles. The Morgan fingerprint density at radius 1 is 1.12 bits per heavy atom. The number of amides is 2. The van der Waals surface area contributed by atoms with Crippen molar-refractivity contribution in [3.63, 3.8) is 0 Å². The smallest absolute Gasteiger partial charge is 0.321 e. The molecule has 1 aliphatic rings. The summed E-state index contributed by atoms with van der Waals surface area (Å²) in [5, 5.41) is 9.99. The van der Waals surface area contributed by atoms with Crippen molar-refractivity contribution >= 4 is 17.6 Å². The molecule has 2 atom stereocenters. The molecular formula is C18H19N5O. The van der Waals surface area contributed by atoms with Gasteiger partial charge in [-0.25, -0.2) is 9.31 Å². The van der Waals surface area contributed by atoms with Crippen LogP contribution in [0.1, 0.15) is 25.3 Å². The van der Waals surface area contributed by atoms with Crippen molar-refractivity contribution in [3.8, 4) is 0 Å². The Morgan fingerprint density at radius 3 is 2.62 bits per heavy atom. The molecule has 4 rings (SSSR count). The molecule has 0 radical (unpaired) electrons. The zero-order valence-corrected chi connectivity index (χ0v) is 13.6. The summed E-state index contributed by atoms with van der Waals surface area (Å²) in [4.78, 5) is 16.6. The summed E-state index contributed by atoms with van der Waals surface area (Å²) in [5.41, 5.74) is 1.98. The van der Waals surface area contributed by atoms with Crippen LogP contribution in [0.2, 0.25) is 0 Å². The molecule has 6 nitrogen and oxygen atoms in total. The van der Waals surface area contributed by atoms with Gasteiger partial charge in [0.25, 0.3) is 5.95 Å². The predicted molar refractivity (Wildman–Crippen MR) is 91.9 cm³/mol. The van der Waals surface area contributed by atoms with Crippen LogP contribution in [0.4, 0.5) is 10.7 Å². The van der Waals surface area contributed by atoms with E-state index in [0.29, 0.717) is 17.5 Å². The number of benzene rings is 1. The van der Waals surface area contributed by atoms with Gasteiger partial charge in [-0.05, 0) is 23.1 Å². The number of rotatable bonds is 3. The Bertz CT molecular complexity index is 854. The first-order valence-electron chi connectivity index (χ1n) is 7.99. The van der Waals surface area contributed by atoms with Crippen molar-refractivity contribution in [3.05, 3.63) is 60.3 Å². The van der Waals surface area contributed by atoms with Crippen molar-refractivity contribution in [2.24, 2.45) is 5.41 Å².